The third-order valence-corrected chi connectivity index (χ3v) is 5.49. The summed E-state index contributed by atoms with van der Waals surface area (Å²) in [5, 5.41) is 6.98. The van der Waals surface area contributed by atoms with E-state index in [1.54, 1.807) is 24.3 Å². The minimum absolute atomic E-state index is 0.206. The van der Waals surface area contributed by atoms with Gasteiger partial charge >= 0.3 is 0 Å². The van der Waals surface area contributed by atoms with Crippen LogP contribution in [0.5, 0.6) is 0 Å². The number of furan rings is 1. The molecule has 0 fully saturated rings. The van der Waals surface area contributed by atoms with Gasteiger partial charge in [0.05, 0.1) is 6.54 Å². The summed E-state index contributed by atoms with van der Waals surface area (Å²) in [6, 6.07) is 3.23. The Balaban J connectivity index is 2.17. The molecule has 2 heterocycles. The Bertz CT molecular complexity index is 675. The van der Waals surface area contributed by atoms with E-state index in [4.69, 9.17) is 4.42 Å². The fourth-order valence-corrected chi connectivity index (χ4v) is 4.20. The largest absolute Gasteiger partial charge is 0.464 e. The molecule has 0 saturated carbocycles. The zero-order valence-corrected chi connectivity index (χ0v) is 14.0. The van der Waals surface area contributed by atoms with Crippen molar-refractivity contribution in [2.75, 3.05) is 6.54 Å². The van der Waals surface area contributed by atoms with Crippen molar-refractivity contribution >= 4 is 21.4 Å². The highest BCUT2D eigenvalue weighted by molar-refractivity contribution is 7.89. The molecule has 21 heavy (non-hydrogen) atoms. The molecule has 5 nitrogen and oxygen atoms in total. The van der Waals surface area contributed by atoms with Crippen molar-refractivity contribution in [1.29, 1.82) is 0 Å². The average Bonchev–Trinajstić information content (AvgIpc) is 3.05. The summed E-state index contributed by atoms with van der Waals surface area (Å²) in [5.74, 6) is 1.03. The number of hydrogen-bond acceptors (Lipinski definition) is 5. The Morgan fingerprint density at radius 3 is 2.81 bits per heavy atom. The van der Waals surface area contributed by atoms with E-state index < -0.39 is 10.0 Å². The molecule has 0 amide bonds. The van der Waals surface area contributed by atoms with E-state index >= 15 is 0 Å². The molecule has 7 heteroatoms. The normalized spacial score (nSPS) is 13.5. The Morgan fingerprint density at radius 1 is 1.43 bits per heavy atom. The molecule has 0 spiro atoms. The van der Waals surface area contributed by atoms with Gasteiger partial charge in [-0.3, -0.25) is 0 Å². The fraction of sp³-hybridized carbons (Fsp3) is 0.429. The summed E-state index contributed by atoms with van der Waals surface area (Å²) in [6.07, 6.45) is 0. The molecule has 116 valence electrons. The molecule has 0 aromatic carbocycles. The Morgan fingerprint density at radius 2 is 2.19 bits per heavy atom. The lowest BCUT2D eigenvalue weighted by Gasteiger charge is -2.12. The van der Waals surface area contributed by atoms with Gasteiger partial charge in [-0.05, 0) is 42.8 Å². The van der Waals surface area contributed by atoms with Crippen molar-refractivity contribution in [1.82, 2.24) is 10.0 Å². The maximum absolute atomic E-state index is 12.5. The van der Waals surface area contributed by atoms with Crippen LogP contribution in [0.25, 0.3) is 0 Å². The zero-order chi connectivity index (χ0) is 15.5. The molecular weight excluding hydrogens is 308 g/mol. The monoisotopic (exact) mass is 328 g/mol. The Labute approximate surface area is 129 Å². The van der Waals surface area contributed by atoms with E-state index in [2.05, 4.69) is 10.0 Å². The van der Waals surface area contributed by atoms with Gasteiger partial charge in [-0.1, -0.05) is 6.92 Å². The van der Waals surface area contributed by atoms with Gasteiger partial charge in [-0.25, -0.2) is 13.1 Å². The highest BCUT2D eigenvalue weighted by Gasteiger charge is 2.23. The number of nitrogens with one attached hydrogen (secondary N) is 2. The van der Waals surface area contributed by atoms with Gasteiger partial charge in [0.25, 0.3) is 0 Å². The van der Waals surface area contributed by atoms with Crippen molar-refractivity contribution in [3.63, 3.8) is 0 Å². The standard InChI is InChI=1S/C14H20N2O3S2/c1-4-15-8-13-7-14(11(3)19-13)21(17,18)16-10(2)12-5-6-20-9-12/h5-7,9-10,15-16H,4,8H2,1-3H3. The maximum Gasteiger partial charge on any atom is 0.244 e. The first-order valence-electron chi connectivity index (χ1n) is 6.78. The van der Waals surface area contributed by atoms with E-state index in [0.29, 0.717) is 18.1 Å². The second-order valence-corrected chi connectivity index (χ2v) is 7.28. The Kier molecular flexibility index (Phi) is 5.21. The first-order valence-corrected chi connectivity index (χ1v) is 9.21. The van der Waals surface area contributed by atoms with Crippen LogP contribution in [0.4, 0.5) is 0 Å². The Hall–Kier alpha value is -1.15. The van der Waals surface area contributed by atoms with E-state index in [0.717, 1.165) is 12.1 Å². The summed E-state index contributed by atoms with van der Waals surface area (Å²) in [6.45, 7) is 6.80. The topological polar surface area (TPSA) is 71.3 Å². The first kappa shape index (κ1) is 16.2. The van der Waals surface area contributed by atoms with Gasteiger partial charge in [0.1, 0.15) is 16.4 Å². The third kappa shape index (κ3) is 3.94. The van der Waals surface area contributed by atoms with Crippen LogP contribution in [0.1, 0.15) is 37.0 Å². The predicted molar refractivity (Wildman–Crippen MR) is 83.9 cm³/mol. The number of aryl methyl sites for hydroxylation is 1. The van der Waals surface area contributed by atoms with E-state index in [1.165, 1.54) is 0 Å². The van der Waals surface area contributed by atoms with Crippen molar-refractivity contribution in [2.45, 2.75) is 38.3 Å². The minimum Gasteiger partial charge on any atom is -0.464 e. The summed E-state index contributed by atoms with van der Waals surface area (Å²) >= 11 is 1.54. The predicted octanol–water partition coefficient (Wildman–Crippen LogP) is 2.80. The fourth-order valence-electron chi connectivity index (χ4n) is 2.01. The highest BCUT2D eigenvalue weighted by Crippen LogP contribution is 2.23. The minimum atomic E-state index is -3.59. The molecule has 0 aliphatic rings. The van der Waals surface area contributed by atoms with Gasteiger partial charge < -0.3 is 9.73 Å². The number of sulfonamides is 1. The van der Waals surface area contributed by atoms with Gasteiger partial charge in [-0.15, -0.1) is 0 Å². The molecule has 0 aliphatic heterocycles. The van der Waals surface area contributed by atoms with Crippen molar-refractivity contribution in [2.24, 2.45) is 0 Å². The summed E-state index contributed by atoms with van der Waals surface area (Å²) < 4.78 is 33.1. The van der Waals surface area contributed by atoms with Gasteiger partial charge in [0.15, 0.2) is 0 Å². The maximum atomic E-state index is 12.5. The quantitative estimate of drug-likeness (QED) is 0.820. The second-order valence-electron chi connectivity index (χ2n) is 4.81. The van der Waals surface area contributed by atoms with E-state index in [1.807, 2.05) is 30.7 Å². The summed E-state index contributed by atoms with van der Waals surface area (Å²) in [5.41, 5.74) is 0.956. The van der Waals surface area contributed by atoms with Crippen LogP contribution in [-0.4, -0.2) is 15.0 Å². The van der Waals surface area contributed by atoms with Crippen LogP contribution in [0.2, 0.25) is 0 Å². The molecule has 2 aromatic heterocycles. The van der Waals surface area contributed by atoms with E-state index in [9.17, 15) is 8.42 Å². The molecule has 0 radical (unpaired) electrons. The van der Waals surface area contributed by atoms with Crippen LogP contribution in [0.15, 0.2) is 32.2 Å². The second kappa shape index (κ2) is 6.74. The first-order chi connectivity index (χ1) is 9.94. The number of rotatable bonds is 7. The molecule has 1 unspecified atom stereocenters. The van der Waals surface area contributed by atoms with Crippen molar-refractivity contribution in [3.8, 4) is 0 Å². The third-order valence-electron chi connectivity index (χ3n) is 3.14. The molecule has 2 rings (SSSR count). The summed E-state index contributed by atoms with van der Waals surface area (Å²) in [7, 11) is -3.59. The van der Waals surface area contributed by atoms with Gasteiger partial charge in [-0.2, -0.15) is 11.3 Å². The summed E-state index contributed by atoms with van der Waals surface area (Å²) in [4.78, 5) is 0.206. The van der Waals surface area contributed by atoms with Crippen LogP contribution in [0, 0.1) is 6.92 Å². The molecule has 0 aliphatic carbocycles. The molecule has 2 N–H and O–H groups in total. The number of hydrogen-bond donors (Lipinski definition) is 2. The van der Waals surface area contributed by atoms with Gasteiger partial charge in [0, 0.05) is 12.1 Å². The number of thiophene rings is 1. The van der Waals surface area contributed by atoms with Gasteiger partial charge in [0.2, 0.25) is 10.0 Å². The van der Waals surface area contributed by atoms with Crippen molar-refractivity contribution in [3.05, 3.63) is 40.0 Å². The van der Waals surface area contributed by atoms with Crippen LogP contribution in [-0.2, 0) is 16.6 Å². The van der Waals surface area contributed by atoms with Crippen LogP contribution < -0.4 is 10.0 Å². The molecule has 2 aromatic rings. The van der Waals surface area contributed by atoms with E-state index in [-0.39, 0.29) is 10.9 Å². The SMILES string of the molecule is CCNCc1cc(S(=O)(=O)NC(C)c2ccsc2)c(C)o1. The van der Waals surface area contributed by atoms with Crippen LogP contribution >= 0.6 is 11.3 Å². The molecular formula is C14H20N2O3S2. The lowest BCUT2D eigenvalue weighted by molar-refractivity contribution is 0.460. The van der Waals surface area contributed by atoms with Crippen molar-refractivity contribution < 1.29 is 12.8 Å². The lowest BCUT2D eigenvalue weighted by Crippen LogP contribution is -2.26. The molecule has 0 saturated heterocycles. The lowest BCUT2D eigenvalue weighted by atomic mass is 10.2. The highest BCUT2D eigenvalue weighted by atomic mass is 32.2. The molecule has 0 bridgehead atoms. The van der Waals surface area contributed by atoms with Crippen LogP contribution in [0.3, 0.4) is 0 Å². The average molecular weight is 328 g/mol. The smallest absolute Gasteiger partial charge is 0.244 e. The zero-order valence-electron chi connectivity index (χ0n) is 12.3. The molecule has 1 atom stereocenters.